The summed E-state index contributed by atoms with van der Waals surface area (Å²) in [5, 5.41) is 0. The van der Waals surface area contributed by atoms with Gasteiger partial charge in [0, 0.05) is 17.5 Å². The number of carbonyl (C=O) groups excluding carboxylic acids is 2. The van der Waals surface area contributed by atoms with Crippen LogP contribution >= 0.6 is 7.60 Å². The molecule has 1 fully saturated rings. The first-order valence-corrected chi connectivity index (χ1v) is 14.4. The number of carbonyl (C=O) groups is 2. The monoisotopic (exact) mass is 515 g/mol. The molecule has 196 valence electrons. The molecule has 0 N–H and O–H groups in total. The molecule has 0 bridgehead atoms. The quantitative estimate of drug-likeness (QED) is 0.291. The van der Waals surface area contributed by atoms with Crippen LogP contribution in [0.25, 0.3) is 0 Å². The Balaban J connectivity index is 2.07. The second-order valence-electron chi connectivity index (χ2n) is 9.31. The Morgan fingerprint density at radius 3 is 1.89 bits per heavy atom. The van der Waals surface area contributed by atoms with Crippen molar-refractivity contribution in [1.82, 2.24) is 4.90 Å². The molecule has 1 heterocycles. The summed E-state index contributed by atoms with van der Waals surface area (Å²) in [5.74, 6) is -0.568. The minimum absolute atomic E-state index is 0.129. The van der Waals surface area contributed by atoms with Crippen LogP contribution in [0.4, 0.5) is 4.79 Å². The number of amides is 2. The lowest BCUT2D eigenvalue weighted by atomic mass is 9.75. The van der Waals surface area contributed by atoms with Gasteiger partial charge in [0.2, 0.25) is 5.91 Å². The lowest BCUT2D eigenvalue weighted by molar-refractivity contribution is -0.130. The molecule has 0 radical (unpaired) electrons. The predicted molar refractivity (Wildman–Crippen MR) is 140 cm³/mol. The molecule has 8 heteroatoms. The number of nitrogens with zero attached hydrogens (tertiary/aromatic N) is 1. The summed E-state index contributed by atoms with van der Waals surface area (Å²) in [6, 6.07) is 18.5. The third-order valence-electron chi connectivity index (χ3n) is 6.54. The molecule has 0 aromatic heterocycles. The van der Waals surface area contributed by atoms with Crippen molar-refractivity contribution in [2.75, 3.05) is 13.2 Å². The largest absolute Gasteiger partial charge is 0.430 e. The fourth-order valence-electron chi connectivity index (χ4n) is 5.18. The summed E-state index contributed by atoms with van der Waals surface area (Å²) < 4.78 is 30.9. The highest BCUT2D eigenvalue weighted by Gasteiger charge is 2.59. The highest BCUT2D eigenvalue weighted by Crippen LogP contribution is 2.56. The number of benzene rings is 2. The van der Waals surface area contributed by atoms with E-state index in [4.69, 9.17) is 13.8 Å². The zero-order valence-corrected chi connectivity index (χ0v) is 22.8. The first-order chi connectivity index (χ1) is 17.2. The van der Waals surface area contributed by atoms with Gasteiger partial charge in [0.05, 0.1) is 24.9 Å². The molecule has 36 heavy (non-hydrogen) atoms. The molecule has 1 aliphatic rings. The molecule has 1 saturated heterocycles. The maximum absolute atomic E-state index is 13.9. The van der Waals surface area contributed by atoms with Gasteiger partial charge in [-0.25, -0.2) is 9.69 Å². The molecule has 0 spiro atoms. The third-order valence-corrected chi connectivity index (χ3v) is 9.11. The Labute approximate surface area is 214 Å². The van der Waals surface area contributed by atoms with E-state index in [0.29, 0.717) is 12.8 Å². The average molecular weight is 516 g/mol. The predicted octanol–water partition coefficient (Wildman–Crippen LogP) is 6.76. The molecule has 2 aromatic carbocycles. The maximum atomic E-state index is 13.9. The van der Waals surface area contributed by atoms with Gasteiger partial charge in [-0.1, -0.05) is 87.9 Å². The van der Waals surface area contributed by atoms with Crippen LogP contribution in [0.3, 0.4) is 0 Å². The normalized spacial score (nSPS) is 18.3. The van der Waals surface area contributed by atoms with Crippen molar-refractivity contribution >= 4 is 19.6 Å². The fraction of sp³-hybridized carbons (Fsp3) is 0.500. The number of ether oxygens (including phenoxy) is 1. The van der Waals surface area contributed by atoms with Gasteiger partial charge in [-0.05, 0) is 26.2 Å². The van der Waals surface area contributed by atoms with Gasteiger partial charge in [0.15, 0.2) is 5.60 Å². The van der Waals surface area contributed by atoms with E-state index in [-0.39, 0.29) is 25.6 Å². The lowest BCUT2D eigenvalue weighted by Gasteiger charge is -2.38. The lowest BCUT2D eigenvalue weighted by Crippen LogP contribution is -2.50. The molecule has 0 unspecified atom stereocenters. The van der Waals surface area contributed by atoms with Crippen LogP contribution in [0.2, 0.25) is 0 Å². The van der Waals surface area contributed by atoms with E-state index in [1.54, 1.807) is 13.8 Å². The van der Waals surface area contributed by atoms with Gasteiger partial charge >= 0.3 is 13.7 Å². The standard InChI is InChI=1S/C28H38NO6P/c1-6-15-24(36(32,33-7-2)34-8-3)20-25(30)29-26(21(4)5)28(35-27(29)31,22-16-11-9-12-17-22)23-18-13-10-14-19-23/h9-14,16-19,21,24,26H,6-8,15,20H2,1-5H3/t24-,26-/m0/s1. The Morgan fingerprint density at radius 2 is 1.47 bits per heavy atom. The minimum atomic E-state index is -3.55. The summed E-state index contributed by atoms with van der Waals surface area (Å²) in [6.07, 6.45) is 0.325. The zero-order valence-electron chi connectivity index (χ0n) is 21.9. The van der Waals surface area contributed by atoms with Crippen molar-refractivity contribution in [3.05, 3.63) is 71.8 Å². The van der Waals surface area contributed by atoms with Crippen molar-refractivity contribution in [2.24, 2.45) is 5.92 Å². The van der Waals surface area contributed by atoms with Crippen molar-refractivity contribution in [2.45, 2.75) is 71.2 Å². The Morgan fingerprint density at radius 1 is 0.972 bits per heavy atom. The van der Waals surface area contributed by atoms with Gasteiger partial charge in [0.25, 0.3) is 0 Å². The topological polar surface area (TPSA) is 82.1 Å². The van der Waals surface area contributed by atoms with E-state index in [2.05, 4.69) is 0 Å². The van der Waals surface area contributed by atoms with Gasteiger partial charge in [-0.2, -0.15) is 0 Å². The van der Waals surface area contributed by atoms with Gasteiger partial charge < -0.3 is 13.8 Å². The molecule has 2 atom stereocenters. The number of hydrogen-bond acceptors (Lipinski definition) is 6. The SMILES string of the molecule is CCC[C@@H](CC(=O)N1C(=O)OC(c2ccccc2)(c2ccccc2)[C@@H]1C(C)C)P(=O)(OCC)OCC. The Hall–Kier alpha value is -2.47. The van der Waals surface area contributed by atoms with Crippen LogP contribution in [-0.2, 0) is 28.7 Å². The van der Waals surface area contributed by atoms with Crippen molar-refractivity contribution in [3.8, 4) is 0 Å². The molecule has 1 aliphatic heterocycles. The minimum Gasteiger partial charge on any atom is -0.430 e. The van der Waals surface area contributed by atoms with Crippen LogP contribution in [-0.4, -0.2) is 41.8 Å². The van der Waals surface area contributed by atoms with Crippen LogP contribution in [0, 0.1) is 5.92 Å². The van der Waals surface area contributed by atoms with Crippen LogP contribution in [0.15, 0.2) is 60.7 Å². The number of rotatable bonds is 12. The summed E-state index contributed by atoms with van der Waals surface area (Å²) >= 11 is 0. The molecule has 0 aliphatic carbocycles. The van der Waals surface area contributed by atoms with E-state index in [1.165, 1.54) is 4.90 Å². The fourth-order valence-corrected chi connectivity index (χ4v) is 7.35. The molecule has 2 amide bonds. The van der Waals surface area contributed by atoms with E-state index in [9.17, 15) is 14.2 Å². The van der Waals surface area contributed by atoms with Gasteiger partial charge in [-0.3, -0.25) is 9.36 Å². The van der Waals surface area contributed by atoms with Crippen molar-refractivity contribution in [3.63, 3.8) is 0 Å². The molecule has 7 nitrogen and oxygen atoms in total. The number of hydrogen-bond donors (Lipinski definition) is 0. The third kappa shape index (κ3) is 5.44. The van der Waals surface area contributed by atoms with Gasteiger partial charge in [-0.15, -0.1) is 0 Å². The molecular formula is C28H38NO6P. The second-order valence-corrected chi connectivity index (χ2v) is 11.6. The Bertz CT molecular complexity index is 1010. The number of imide groups is 1. The van der Waals surface area contributed by atoms with E-state index in [0.717, 1.165) is 11.1 Å². The molecular weight excluding hydrogens is 477 g/mol. The van der Waals surface area contributed by atoms with Crippen LogP contribution < -0.4 is 0 Å². The highest BCUT2D eigenvalue weighted by molar-refractivity contribution is 7.54. The summed E-state index contributed by atoms with van der Waals surface area (Å²) in [4.78, 5) is 28.6. The second kappa shape index (κ2) is 12.2. The van der Waals surface area contributed by atoms with Crippen LogP contribution in [0.1, 0.15) is 65.0 Å². The van der Waals surface area contributed by atoms with Crippen LogP contribution in [0.5, 0.6) is 0 Å². The molecule has 0 saturated carbocycles. The first-order valence-electron chi connectivity index (χ1n) is 12.8. The average Bonchev–Trinajstić information content (AvgIpc) is 3.19. The van der Waals surface area contributed by atoms with Crippen molar-refractivity contribution < 1.29 is 27.9 Å². The van der Waals surface area contributed by atoms with E-state index >= 15 is 0 Å². The van der Waals surface area contributed by atoms with Gasteiger partial charge in [0.1, 0.15) is 0 Å². The maximum Gasteiger partial charge on any atom is 0.418 e. The van der Waals surface area contributed by atoms with Crippen molar-refractivity contribution in [1.29, 1.82) is 0 Å². The summed E-state index contributed by atoms with van der Waals surface area (Å²) in [6.45, 7) is 9.81. The zero-order chi connectivity index (χ0) is 26.3. The van der Waals surface area contributed by atoms with E-state index in [1.807, 2.05) is 81.4 Å². The van der Waals surface area contributed by atoms with E-state index < -0.39 is 36.9 Å². The summed E-state index contributed by atoms with van der Waals surface area (Å²) in [5.41, 5.74) is -0.248. The first kappa shape index (κ1) is 28.1. The molecule has 3 rings (SSSR count). The molecule has 2 aromatic rings. The highest BCUT2D eigenvalue weighted by atomic mass is 31.2. The number of cyclic esters (lactones) is 1. The summed E-state index contributed by atoms with van der Waals surface area (Å²) in [7, 11) is -3.55. The Kier molecular flexibility index (Phi) is 9.51. The smallest absolute Gasteiger partial charge is 0.418 e.